The predicted molar refractivity (Wildman–Crippen MR) is 183 cm³/mol. The largest absolute Gasteiger partial charge is 0.369 e. The van der Waals surface area contributed by atoms with Crippen molar-refractivity contribution in [3.63, 3.8) is 0 Å². The van der Waals surface area contributed by atoms with Crippen LogP contribution in [0.5, 0.6) is 0 Å². The average Bonchev–Trinajstić information content (AvgIpc) is 3.63. The molecule has 0 unspecified atom stereocenters. The van der Waals surface area contributed by atoms with Gasteiger partial charge in [0.1, 0.15) is 0 Å². The van der Waals surface area contributed by atoms with Crippen molar-refractivity contribution >= 4 is 33.1 Å². The molecule has 0 saturated heterocycles. The number of aromatic nitrogens is 6. The topological polar surface area (TPSA) is 157 Å². The number of amides is 2. The van der Waals surface area contributed by atoms with Crippen LogP contribution in [0.25, 0.3) is 34.0 Å². The molecule has 14 heteroatoms. The number of nitrogens with zero attached hydrogens (tertiary/aromatic N) is 8. The van der Waals surface area contributed by atoms with E-state index in [1.807, 2.05) is 56.6 Å². The number of hydrogen-bond donors (Lipinski definition) is 2. The SMILES string of the molecule is CCN1CCCN(C(=O)Nc2cc(-c3ccnn3C)nc(-c3ccnn3C)c2)c2nc(-c3cccc(S(=O)(=O)C[C@@H](C)N)c3)ccc21. The summed E-state index contributed by atoms with van der Waals surface area (Å²) in [7, 11) is 0.0985. The first-order chi connectivity index (χ1) is 22.5. The molecule has 1 aliphatic heterocycles. The Morgan fingerprint density at radius 3 is 2.19 bits per heavy atom. The van der Waals surface area contributed by atoms with Gasteiger partial charge < -0.3 is 16.0 Å². The van der Waals surface area contributed by atoms with Gasteiger partial charge in [0, 0.05) is 63.4 Å². The highest BCUT2D eigenvalue weighted by Crippen LogP contribution is 2.35. The van der Waals surface area contributed by atoms with Crippen LogP contribution in [0.4, 0.5) is 22.0 Å². The van der Waals surface area contributed by atoms with Crippen LogP contribution in [-0.4, -0.2) is 75.4 Å². The maximum atomic E-state index is 14.2. The lowest BCUT2D eigenvalue weighted by Crippen LogP contribution is -2.36. The Morgan fingerprint density at radius 1 is 0.915 bits per heavy atom. The smallest absolute Gasteiger partial charge is 0.327 e. The van der Waals surface area contributed by atoms with Crippen LogP contribution in [0.1, 0.15) is 20.3 Å². The Kier molecular flexibility index (Phi) is 8.80. The molecule has 0 spiro atoms. The monoisotopic (exact) mass is 654 g/mol. The fraction of sp³-hybridized carbons (Fsp3) is 0.303. The van der Waals surface area contributed by atoms with E-state index in [1.165, 1.54) is 0 Å². The van der Waals surface area contributed by atoms with Crippen molar-refractivity contribution in [2.24, 2.45) is 19.8 Å². The van der Waals surface area contributed by atoms with E-state index in [4.69, 9.17) is 15.7 Å². The Morgan fingerprint density at radius 2 is 1.60 bits per heavy atom. The number of fused-ring (bicyclic) bond motifs is 1. The van der Waals surface area contributed by atoms with Crippen molar-refractivity contribution < 1.29 is 13.2 Å². The summed E-state index contributed by atoms with van der Waals surface area (Å²) in [5.74, 6) is 0.337. The van der Waals surface area contributed by atoms with Crippen LogP contribution in [0.3, 0.4) is 0 Å². The second kappa shape index (κ2) is 13.0. The predicted octanol–water partition coefficient (Wildman–Crippen LogP) is 4.33. The minimum absolute atomic E-state index is 0.160. The van der Waals surface area contributed by atoms with Crippen LogP contribution < -0.4 is 20.9 Å². The van der Waals surface area contributed by atoms with Crippen molar-refractivity contribution in [3.8, 4) is 34.0 Å². The number of sulfone groups is 1. The number of benzene rings is 1. The number of carbonyl (C=O) groups excluding carboxylic acids is 1. The van der Waals surface area contributed by atoms with Gasteiger partial charge in [0.05, 0.1) is 44.8 Å². The standard InChI is InChI=1S/C33H38N10O3S/c1-5-42-16-7-17-43(32-31(42)11-10-26(39-32)23-8-6-9-25(18-23)47(45,46)21-22(2)34)33(44)37-24-19-27(29-12-14-35-40(29)3)38-28(20-24)30-13-15-36-41(30)4/h6,8-15,18-20,22H,5,7,16-17,21,34H2,1-4H3,(H,37,38,44)/t22-/m1/s1. The third-order valence-electron chi connectivity index (χ3n) is 8.10. The highest BCUT2D eigenvalue weighted by atomic mass is 32.2. The first-order valence-electron chi connectivity index (χ1n) is 15.5. The first-order valence-corrected chi connectivity index (χ1v) is 17.1. The van der Waals surface area contributed by atoms with Gasteiger partial charge in [0.25, 0.3) is 0 Å². The Bertz CT molecular complexity index is 1980. The summed E-state index contributed by atoms with van der Waals surface area (Å²) in [6.07, 6.45) is 4.13. The Balaban J connectivity index is 1.38. The summed E-state index contributed by atoms with van der Waals surface area (Å²) in [6, 6.07) is 17.0. The molecule has 1 atom stereocenters. The van der Waals surface area contributed by atoms with Gasteiger partial charge in [0.2, 0.25) is 0 Å². The number of nitrogens with one attached hydrogen (secondary N) is 1. The molecule has 244 valence electrons. The molecule has 5 heterocycles. The number of carbonyl (C=O) groups is 1. The zero-order chi connectivity index (χ0) is 33.3. The van der Waals surface area contributed by atoms with Gasteiger partial charge >= 0.3 is 6.03 Å². The van der Waals surface area contributed by atoms with Gasteiger partial charge in [-0.2, -0.15) is 10.2 Å². The number of anilines is 3. The second-order valence-corrected chi connectivity index (χ2v) is 13.7. The van der Waals surface area contributed by atoms with Gasteiger partial charge in [-0.05, 0) is 68.8 Å². The van der Waals surface area contributed by atoms with Crippen molar-refractivity contribution in [1.82, 2.24) is 29.5 Å². The maximum Gasteiger partial charge on any atom is 0.327 e. The third-order valence-corrected chi connectivity index (χ3v) is 10.0. The number of nitrogens with two attached hydrogens (primary N) is 1. The van der Waals surface area contributed by atoms with E-state index in [0.717, 1.165) is 36.6 Å². The summed E-state index contributed by atoms with van der Waals surface area (Å²) < 4.78 is 29.4. The molecule has 1 aliphatic rings. The molecule has 0 saturated carbocycles. The number of urea groups is 1. The molecule has 4 aromatic heterocycles. The highest BCUT2D eigenvalue weighted by molar-refractivity contribution is 7.91. The number of pyridine rings is 2. The number of rotatable bonds is 8. The van der Waals surface area contributed by atoms with Crippen LogP contribution >= 0.6 is 0 Å². The van der Waals surface area contributed by atoms with E-state index in [0.29, 0.717) is 40.7 Å². The summed E-state index contributed by atoms with van der Waals surface area (Å²) >= 11 is 0. The van der Waals surface area contributed by atoms with Crippen LogP contribution in [0.2, 0.25) is 0 Å². The Labute approximate surface area is 274 Å². The molecule has 6 rings (SSSR count). The minimum Gasteiger partial charge on any atom is -0.369 e. The average molecular weight is 655 g/mol. The normalized spacial score (nSPS) is 14.1. The molecular formula is C33H38N10O3S. The molecule has 47 heavy (non-hydrogen) atoms. The molecule has 5 aromatic rings. The molecule has 0 bridgehead atoms. The van der Waals surface area contributed by atoms with Gasteiger partial charge in [-0.25, -0.2) is 23.2 Å². The third kappa shape index (κ3) is 6.60. The summed E-state index contributed by atoms with van der Waals surface area (Å²) in [5.41, 5.74) is 11.2. The molecule has 3 N–H and O–H groups in total. The van der Waals surface area contributed by atoms with Crippen LogP contribution in [-0.2, 0) is 23.9 Å². The van der Waals surface area contributed by atoms with E-state index in [2.05, 4.69) is 27.3 Å². The second-order valence-electron chi connectivity index (χ2n) is 11.6. The van der Waals surface area contributed by atoms with E-state index in [9.17, 15) is 13.2 Å². The van der Waals surface area contributed by atoms with Gasteiger partial charge in [-0.15, -0.1) is 0 Å². The van der Waals surface area contributed by atoms with E-state index in [1.54, 1.807) is 51.8 Å². The Hall–Kier alpha value is -5.08. The molecule has 0 aliphatic carbocycles. The van der Waals surface area contributed by atoms with Crippen LogP contribution in [0, 0.1) is 0 Å². The number of hydrogen-bond acceptors (Lipinski definition) is 9. The summed E-state index contributed by atoms with van der Waals surface area (Å²) in [6.45, 7) is 5.66. The highest BCUT2D eigenvalue weighted by Gasteiger charge is 2.27. The lowest BCUT2D eigenvalue weighted by molar-refractivity contribution is 0.257. The summed E-state index contributed by atoms with van der Waals surface area (Å²) in [4.78, 5) is 28.0. The van der Waals surface area contributed by atoms with E-state index in [-0.39, 0.29) is 16.7 Å². The zero-order valence-corrected chi connectivity index (χ0v) is 27.6. The van der Waals surface area contributed by atoms with Gasteiger partial charge in [-0.1, -0.05) is 12.1 Å². The van der Waals surface area contributed by atoms with Crippen molar-refractivity contribution in [2.45, 2.75) is 31.2 Å². The van der Waals surface area contributed by atoms with Crippen molar-refractivity contribution in [2.75, 3.05) is 40.5 Å². The van der Waals surface area contributed by atoms with Gasteiger partial charge in [-0.3, -0.25) is 14.3 Å². The van der Waals surface area contributed by atoms with Gasteiger partial charge in [0.15, 0.2) is 15.7 Å². The van der Waals surface area contributed by atoms with E-state index < -0.39 is 15.9 Å². The zero-order valence-electron chi connectivity index (χ0n) is 26.8. The van der Waals surface area contributed by atoms with E-state index >= 15 is 0 Å². The minimum atomic E-state index is -3.58. The quantitative estimate of drug-likeness (QED) is 0.249. The fourth-order valence-electron chi connectivity index (χ4n) is 5.82. The van der Waals surface area contributed by atoms with Crippen molar-refractivity contribution in [3.05, 3.63) is 73.1 Å². The maximum absolute atomic E-state index is 14.2. The summed E-state index contributed by atoms with van der Waals surface area (Å²) in [5, 5.41) is 11.7. The van der Waals surface area contributed by atoms with Crippen molar-refractivity contribution in [1.29, 1.82) is 0 Å². The molecule has 1 aromatic carbocycles. The molecule has 0 fully saturated rings. The number of aryl methyl sites for hydroxylation is 2. The lowest BCUT2D eigenvalue weighted by Gasteiger charge is -2.25. The van der Waals surface area contributed by atoms with Crippen LogP contribution in [0.15, 0.2) is 78.0 Å². The molecule has 13 nitrogen and oxygen atoms in total. The molecular weight excluding hydrogens is 616 g/mol. The first kappa shape index (κ1) is 31.9. The molecule has 2 amide bonds. The lowest BCUT2D eigenvalue weighted by atomic mass is 10.1. The molecule has 0 radical (unpaired) electrons. The fourth-order valence-corrected chi connectivity index (χ4v) is 7.29.